The standard InChI is InChI=1S/C15H17NO4S/c1-3-19-15(18)11-5-4-6-12(9-11)16-14(17)13-10(2)21-8-7-20-13/h4-6,9H,3,7-8H2,1-2H3,(H,16,17). The number of hydrogen-bond donors (Lipinski definition) is 1. The highest BCUT2D eigenvalue weighted by Crippen LogP contribution is 2.25. The van der Waals surface area contributed by atoms with Crippen molar-refractivity contribution in [3.8, 4) is 0 Å². The number of esters is 1. The molecule has 0 aromatic heterocycles. The van der Waals surface area contributed by atoms with Crippen molar-refractivity contribution in [1.29, 1.82) is 0 Å². The lowest BCUT2D eigenvalue weighted by Crippen LogP contribution is -2.21. The predicted molar refractivity (Wildman–Crippen MR) is 82.1 cm³/mol. The largest absolute Gasteiger partial charge is 0.486 e. The van der Waals surface area contributed by atoms with Crippen molar-refractivity contribution in [3.63, 3.8) is 0 Å². The Bertz CT molecular complexity index is 583. The van der Waals surface area contributed by atoms with Crippen molar-refractivity contribution >= 4 is 29.3 Å². The summed E-state index contributed by atoms with van der Waals surface area (Å²) in [4.78, 5) is 24.7. The number of nitrogens with one attached hydrogen (secondary N) is 1. The van der Waals surface area contributed by atoms with Gasteiger partial charge in [0.2, 0.25) is 0 Å². The molecule has 1 aliphatic rings. The molecule has 1 heterocycles. The third-order valence-corrected chi connectivity index (χ3v) is 3.80. The maximum Gasteiger partial charge on any atom is 0.338 e. The monoisotopic (exact) mass is 307 g/mol. The van der Waals surface area contributed by atoms with E-state index in [1.165, 1.54) is 0 Å². The fraction of sp³-hybridized carbons (Fsp3) is 0.333. The third kappa shape index (κ3) is 4.01. The van der Waals surface area contributed by atoms with E-state index in [0.29, 0.717) is 30.2 Å². The van der Waals surface area contributed by atoms with Gasteiger partial charge in [-0.25, -0.2) is 4.79 Å². The minimum absolute atomic E-state index is 0.305. The number of hydrogen-bond acceptors (Lipinski definition) is 5. The molecule has 0 aliphatic carbocycles. The SMILES string of the molecule is CCOC(=O)c1cccc(NC(=O)C2=C(C)SCCO2)c1. The number of anilines is 1. The zero-order valence-electron chi connectivity index (χ0n) is 12.0. The molecular formula is C15H17NO4S. The molecule has 0 atom stereocenters. The lowest BCUT2D eigenvalue weighted by Gasteiger charge is -2.18. The Kier molecular flexibility index (Phi) is 5.27. The van der Waals surface area contributed by atoms with Gasteiger partial charge in [0.1, 0.15) is 0 Å². The molecule has 112 valence electrons. The molecular weight excluding hydrogens is 290 g/mol. The van der Waals surface area contributed by atoms with Gasteiger partial charge in [-0.15, -0.1) is 11.8 Å². The van der Waals surface area contributed by atoms with Crippen LogP contribution in [-0.2, 0) is 14.3 Å². The molecule has 21 heavy (non-hydrogen) atoms. The molecule has 1 aliphatic heterocycles. The fourth-order valence-electron chi connectivity index (χ4n) is 1.86. The summed E-state index contributed by atoms with van der Waals surface area (Å²) in [6.07, 6.45) is 0. The lowest BCUT2D eigenvalue weighted by molar-refractivity contribution is -0.116. The van der Waals surface area contributed by atoms with Gasteiger partial charge in [-0.1, -0.05) is 6.07 Å². The van der Waals surface area contributed by atoms with Crippen LogP contribution in [0.1, 0.15) is 24.2 Å². The van der Waals surface area contributed by atoms with Crippen molar-refractivity contribution in [1.82, 2.24) is 0 Å². The second kappa shape index (κ2) is 7.17. The summed E-state index contributed by atoms with van der Waals surface area (Å²) < 4.78 is 10.3. The van der Waals surface area contributed by atoms with E-state index < -0.39 is 5.97 Å². The van der Waals surface area contributed by atoms with Gasteiger partial charge in [0, 0.05) is 16.3 Å². The van der Waals surface area contributed by atoms with E-state index in [4.69, 9.17) is 9.47 Å². The van der Waals surface area contributed by atoms with Crippen molar-refractivity contribution in [3.05, 3.63) is 40.5 Å². The van der Waals surface area contributed by atoms with E-state index >= 15 is 0 Å². The molecule has 5 nitrogen and oxygen atoms in total. The summed E-state index contributed by atoms with van der Waals surface area (Å²) in [7, 11) is 0. The average Bonchev–Trinajstić information content (AvgIpc) is 2.48. The highest BCUT2D eigenvalue weighted by Gasteiger charge is 2.19. The van der Waals surface area contributed by atoms with Crippen molar-refractivity contribution < 1.29 is 19.1 Å². The van der Waals surface area contributed by atoms with Crippen molar-refractivity contribution in [2.45, 2.75) is 13.8 Å². The van der Waals surface area contributed by atoms with Crippen LogP contribution in [0, 0.1) is 0 Å². The van der Waals surface area contributed by atoms with E-state index in [-0.39, 0.29) is 5.91 Å². The van der Waals surface area contributed by atoms with Gasteiger partial charge in [-0.2, -0.15) is 0 Å². The molecule has 0 saturated heterocycles. The van der Waals surface area contributed by atoms with Gasteiger partial charge in [0.25, 0.3) is 5.91 Å². The normalized spacial score (nSPS) is 14.4. The van der Waals surface area contributed by atoms with Crippen LogP contribution in [0.25, 0.3) is 0 Å². The number of ether oxygens (including phenoxy) is 2. The molecule has 1 aromatic carbocycles. The Hall–Kier alpha value is -1.95. The quantitative estimate of drug-likeness (QED) is 0.867. The second-order valence-electron chi connectivity index (χ2n) is 4.34. The maximum atomic E-state index is 12.2. The minimum Gasteiger partial charge on any atom is -0.486 e. The number of thioether (sulfide) groups is 1. The Morgan fingerprint density at radius 1 is 1.43 bits per heavy atom. The summed E-state index contributed by atoms with van der Waals surface area (Å²) in [6.45, 7) is 4.44. The first-order valence-electron chi connectivity index (χ1n) is 6.67. The Labute approximate surface area is 127 Å². The van der Waals surface area contributed by atoms with Crippen LogP contribution in [0.4, 0.5) is 5.69 Å². The smallest absolute Gasteiger partial charge is 0.338 e. The topological polar surface area (TPSA) is 64.6 Å². The number of carbonyl (C=O) groups is 2. The number of rotatable bonds is 4. The van der Waals surface area contributed by atoms with Gasteiger partial charge >= 0.3 is 5.97 Å². The van der Waals surface area contributed by atoms with E-state index in [2.05, 4.69) is 5.32 Å². The number of allylic oxidation sites excluding steroid dienone is 1. The summed E-state index contributed by atoms with van der Waals surface area (Å²) in [5, 5.41) is 2.74. The molecule has 0 radical (unpaired) electrons. The first-order chi connectivity index (χ1) is 10.1. The first kappa shape index (κ1) is 15.4. The average molecular weight is 307 g/mol. The van der Waals surface area contributed by atoms with Crippen LogP contribution in [0.15, 0.2) is 34.9 Å². The van der Waals surface area contributed by atoms with E-state index in [1.807, 2.05) is 6.92 Å². The van der Waals surface area contributed by atoms with E-state index in [9.17, 15) is 9.59 Å². The molecule has 0 fully saturated rings. The number of amides is 1. The Morgan fingerprint density at radius 2 is 2.24 bits per heavy atom. The van der Waals surface area contributed by atoms with Gasteiger partial charge in [-0.3, -0.25) is 4.79 Å². The number of carbonyl (C=O) groups excluding carboxylic acids is 2. The Morgan fingerprint density at radius 3 is 2.95 bits per heavy atom. The molecule has 0 unspecified atom stereocenters. The number of benzene rings is 1. The lowest BCUT2D eigenvalue weighted by atomic mass is 10.2. The zero-order chi connectivity index (χ0) is 15.2. The van der Waals surface area contributed by atoms with Crippen molar-refractivity contribution in [2.75, 3.05) is 24.3 Å². The van der Waals surface area contributed by atoms with Crippen LogP contribution in [0.2, 0.25) is 0 Å². The van der Waals surface area contributed by atoms with Crippen LogP contribution in [0.3, 0.4) is 0 Å². The third-order valence-electron chi connectivity index (χ3n) is 2.81. The van der Waals surface area contributed by atoms with Crippen molar-refractivity contribution in [2.24, 2.45) is 0 Å². The van der Waals surface area contributed by atoms with Crippen LogP contribution < -0.4 is 5.32 Å². The van der Waals surface area contributed by atoms with Crippen LogP contribution >= 0.6 is 11.8 Å². The molecule has 0 saturated carbocycles. The first-order valence-corrected chi connectivity index (χ1v) is 7.65. The van der Waals surface area contributed by atoms with Crippen LogP contribution in [-0.4, -0.2) is 30.8 Å². The highest BCUT2D eigenvalue weighted by atomic mass is 32.2. The summed E-state index contributed by atoms with van der Waals surface area (Å²) in [6, 6.07) is 6.64. The molecule has 0 spiro atoms. The van der Waals surface area contributed by atoms with Gasteiger partial charge in [-0.05, 0) is 32.0 Å². The molecule has 1 amide bonds. The molecule has 6 heteroatoms. The van der Waals surface area contributed by atoms with Gasteiger partial charge in [0.05, 0.1) is 18.8 Å². The summed E-state index contributed by atoms with van der Waals surface area (Å²) in [5.41, 5.74) is 0.935. The van der Waals surface area contributed by atoms with E-state index in [1.54, 1.807) is 43.0 Å². The van der Waals surface area contributed by atoms with Gasteiger partial charge in [0.15, 0.2) is 5.76 Å². The fourth-order valence-corrected chi connectivity index (χ4v) is 2.61. The summed E-state index contributed by atoms with van der Waals surface area (Å²) in [5.74, 6) is 0.475. The van der Waals surface area contributed by atoms with Crippen LogP contribution in [0.5, 0.6) is 0 Å². The second-order valence-corrected chi connectivity index (χ2v) is 5.65. The molecule has 1 N–H and O–H groups in total. The predicted octanol–water partition coefficient (Wildman–Crippen LogP) is 2.80. The maximum absolute atomic E-state index is 12.2. The van der Waals surface area contributed by atoms with Gasteiger partial charge < -0.3 is 14.8 Å². The van der Waals surface area contributed by atoms with E-state index in [0.717, 1.165) is 10.7 Å². The highest BCUT2D eigenvalue weighted by molar-refractivity contribution is 8.03. The molecule has 1 aromatic rings. The molecule has 0 bridgehead atoms. The minimum atomic E-state index is -0.409. The Balaban J connectivity index is 2.11. The zero-order valence-corrected chi connectivity index (χ0v) is 12.8. The summed E-state index contributed by atoms with van der Waals surface area (Å²) >= 11 is 1.60. The molecule has 2 rings (SSSR count).